The minimum absolute atomic E-state index is 0.102. The molecule has 1 N–H and O–H groups in total. The summed E-state index contributed by atoms with van der Waals surface area (Å²) in [7, 11) is 0. The monoisotopic (exact) mass is 493 g/mol. The number of hydrogen-bond donors (Lipinski definition) is 1. The maximum atomic E-state index is 13.0. The quantitative estimate of drug-likeness (QED) is 0.539. The van der Waals surface area contributed by atoms with E-state index in [0.29, 0.717) is 24.0 Å². The molecule has 34 heavy (non-hydrogen) atoms. The summed E-state index contributed by atoms with van der Waals surface area (Å²) >= 11 is 1.40. The molecule has 2 aliphatic rings. The molecule has 0 spiro atoms. The predicted octanol–water partition coefficient (Wildman–Crippen LogP) is 4.02. The number of aryl methyl sites for hydroxylation is 1. The highest BCUT2D eigenvalue weighted by Crippen LogP contribution is 2.32. The number of ether oxygens (including phenoxy) is 1. The highest BCUT2D eigenvalue weighted by molar-refractivity contribution is 7.13. The van der Waals surface area contributed by atoms with Crippen LogP contribution in [0.15, 0.2) is 18.7 Å². The molecule has 3 heterocycles. The number of rotatable bonds is 10. The van der Waals surface area contributed by atoms with Gasteiger partial charge in [0, 0.05) is 49.7 Å². The van der Waals surface area contributed by atoms with E-state index < -0.39 is 12.5 Å². The third kappa shape index (κ3) is 7.66. The zero-order valence-corrected chi connectivity index (χ0v) is 20.5. The number of halogens is 2. The van der Waals surface area contributed by atoms with Crippen molar-refractivity contribution < 1.29 is 18.3 Å². The van der Waals surface area contributed by atoms with E-state index in [4.69, 9.17) is 4.74 Å². The van der Waals surface area contributed by atoms with Crippen LogP contribution in [0.4, 0.5) is 8.78 Å². The van der Waals surface area contributed by atoms with E-state index in [1.54, 1.807) is 12.4 Å². The average molecular weight is 494 g/mol. The number of nitrogens with one attached hydrogen (secondary N) is 1. The van der Waals surface area contributed by atoms with Crippen molar-refractivity contribution in [3.05, 3.63) is 34.9 Å². The van der Waals surface area contributed by atoms with E-state index in [0.717, 1.165) is 81.2 Å². The standard InChI is InChI=1S/C24H33F2N5O2S/c1-24(25,26)15-33-23-30-20-14-31(11-9-21(20)34-23)10-8-17-2-5-19(6-3-17)29-22(32)7-4-18-12-27-16-28-13-18/h12-13,16-17,19H,2-11,14-15H2,1H3,(H,29,32). The van der Waals surface area contributed by atoms with Crippen molar-refractivity contribution in [2.75, 3.05) is 19.7 Å². The number of nitrogens with zero attached hydrogens (tertiary/aromatic N) is 4. The lowest BCUT2D eigenvalue weighted by Crippen LogP contribution is -2.38. The summed E-state index contributed by atoms with van der Waals surface area (Å²) in [5, 5.41) is 3.54. The average Bonchev–Trinajstić information content (AvgIpc) is 3.24. The van der Waals surface area contributed by atoms with Crippen molar-refractivity contribution in [2.45, 2.75) is 76.8 Å². The Kier molecular flexibility index (Phi) is 8.41. The Morgan fingerprint density at radius 3 is 2.76 bits per heavy atom. The molecular weight excluding hydrogens is 460 g/mol. The van der Waals surface area contributed by atoms with E-state index >= 15 is 0 Å². The zero-order valence-electron chi connectivity index (χ0n) is 19.6. The Morgan fingerprint density at radius 1 is 1.26 bits per heavy atom. The lowest BCUT2D eigenvalue weighted by molar-refractivity contribution is -0.122. The molecule has 0 aromatic carbocycles. The van der Waals surface area contributed by atoms with Crippen LogP contribution in [0.5, 0.6) is 5.19 Å². The van der Waals surface area contributed by atoms with Crippen LogP contribution in [0.3, 0.4) is 0 Å². The normalized spacial score (nSPS) is 21.1. The fraction of sp³-hybridized carbons (Fsp3) is 0.667. The largest absolute Gasteiger partial charge is 0.464 e. The van der Waals surface area contributed by atoms with Gasteiger partial charge in [-0.05, 0) is 63.0 Å². The summed E-state index contributed by atoms with van der Waals surface area (Å²) in [4.78, 5) is 28.3. The molecule has 1 saturated carbocycles. The van der Waals surface area contributed by atoms with Gasteiger partial charge in [-0.3, -0.25) is 9.69 Å². The SMILES string of the molecule is CC(F)(F)COc1nc2c(s1)CCN(CCC1CCC(NC(=O)CCc3cncnc3)CC1)C2. The van der Waals surface area contributed by atoms with Crippen molar-refractivity contribution in [3.63, 3.8) is 0 Å². The number of alkyl halides is 2. The van der Waals surface area contributed by atoms with Gasteiger partial charge in [0.1, 0.15) is 6.33 Å². The van der Waals surface area contributed by atoms with Crippen molar-refractivity contribution in [2.24, 2.45) is 5.92 Å². The summed E-state index contributed by atoms with van der Waals surface area (Å²) < 4.78 is 31.3. The molecule has 1 aliphatic heterocycles. The smallest absolute Gasteiger partial charge is 0.278 e. The Labute approximate surface area is 203 Å². The Morgan fingerprint density at radius 2 is 2.03 bits per heavy atom. The Bertz CT molecular complexity index is 929. The first-order chi connectivity index (χ1) is 16.3. The molecule has 1 aliphatic carbocycles. The minimum Gasteiger partial charge on any atom is -0.464 e. The second kappa shape index (κ2) is 11.5. The number of fused-ring (bicyclic) bond motifs is 1. The maximum Gasteiger partial charge on any atom is 0.278 e. The Hall–Kier alpha value is -2.20. The van der Waals surface area contributed by atoms with Crippen molar-refractivity contribution >= 4 is 17.2 Å². The van der Waals surface area contributed by atoms with E-state index in [1.807, 2.05) is 0 Å². The van der Waals surface area contributed by atoms with Gasteiger partial charge in [0.05, 0.1) is 5.69 Å². The Balaban J connectivity index is 1.13. The number of carbonyl (C=O) groups is 1. The molecular formula is C24H33F2N5O2S. The molecule has 1 amide bonds. The van der Waals surface area contributed by atoms with E-state index in [9.17, 15) is 13.6 Å². The highest BCUT2D eigenvalue weighted by Gasteiger charge is 2.27. The molecule has 4 rings (SSSR count). The first-order valence-corrected chi connectivity index (χ1v) is 12.9. The van der Waals surface area contributed by atoms with Gasteiger partial charge in [-0.1, -0.05) is 11.3 Å². The molecule has 7 nitrogen and oxygen atoms in total. The van der Waals surface area contributed by atoms with Gasteiger partial charge >= 0.3 is 0 Å². The van der Waals surface area contributed by atoms with Crippen LogP contribution in [-0.4, -0.2) is 57.4 Å². The number of carbonyl (C=O) groups excluding carboxylic acids is 1. The van der Waals surface area contributed by atoms with Crippen LogP contribution in [0.1, 0.15) is 61.6 Å². The fourth-order valence-electron chi connectivity index (χ4n) is 4.65. The second-order valence-corrected chi connectivity index (χ2v) is 10.6. The van der Waals surface area contributed by atoms with Crippen molar-refractivity contribution in [1.82, 2.24) is 25.2 Å². The molecule has 0 unspecified atom stereocenters. The molecule has 2 aromatic heterocycles. The van der Waals surface area contributed by atoms with E-state index in [1.165, 1.54) is 17.7 Å². The molecule has 1 fully saturated rings. The summed E-state index contributed by atoms with van der Waals surface area (Å²) in [6.07, 6.45) is 12.5. The molecule has 0 saturated heterocycles. The third-order valence-corrected chi connectivity index (χ3v) is 7.63. The van der Waals surface area contributed by atoms with Crippen LogP contribution in [-0.2, 0) is 24.2 Å². The third-order valence-electron chi connectivity index (χ3n) is 6.56. The molecule has 10 heteroatoms. The maximum absolute atomic E-state index is 13.0. The van der Waals surface area contributed by atoms with E-state index in [-0.39, 0.29) is 11.9 Å². The van der Waals surface area contributed by atoms with Gasteiger partial charge in [-0.15, -0.1) is 0 Å². The lowest BCUT2D eigenvalue weighted by atomic mass is 9.84. The topological polar surface area (TPSA) is 80.2 Å². The van der Waals surface area contributed by atoms with Crippen LogP contribution in [0.25, 0.3) is 0 Å². The molecule has 0 radical (unpaired) electrons. The van der Waals surface area contributed by atoms with Gasteiger partial charge in [0.25, 0.3) is 11.1 Å². The van der Waals surface area contributed by atoms with Crippen LogP contribution < -0.4 is 10.1 Å². The number of hydrogen-bond acceptors (Lipinski definition) is 7. The zero-order chi connectivity index (χ0) is 24.0. The lowest BCUT2D eigenvalue weighted by Gasteiger charge is -2.32. The predicted molar refractivity (Wildman–Crippen MR) is 126 cm³/mol. The van der Waals surface area contributed by atoms with Gasteiger partial charge in [0.15, 0.2) is 6.61 Å². The van der Waals surface area contributed by atoms with Crippen LogP contribution >= 0.6 is 11.3 Å². The van der Waals surface area contributed by atoms with Gasteiger partial charge < -0.3 is 10.1 Å². The summed E-state index contributed by atoms with van der Waals surface area (Å²) in [6.45, 7) is 2.97. The van der Waals surface area contributed by atoms with Gasteiger partial charge in [0.2, 0.25) is 5.91 Å². The molecule has 0 atom stereocenters. The summed E-state index contributed by atoms with van der Waals surface area (Å²) in [6, 6.07) is 0.275. The number of amides is 1. The number of thiazole rings is 1. The molecule has 186 valence electrons. The fourth-order valence-corrected chi connectivity index (χ4v) is 5.55. The highest BCUT2D eigenvalue weighted by atomic mass is 32.1. The first-order valence-electron chi connectivity index (χ1n) is 12.1. The van der Waals surface area contributed by atoms with Crippen molar-refractivity contribution in [3.8, 4) is 5.19 Å². The van der Waals surface area contributed by atoms with Gasteiger partial charge in [-0.2, -0.15) is 0 Å². The van der Waals surface area contributed by atoms with E-state index in [2.05, 4.69) is 25.2 Å². The second-order valence-electron chi connectivity index (χ2n) is 9.56. The summed E-state index contributed by atoms with van der Waals surface area (Å²) in [5.74, 6) is -2.07. The van der Waals surface area contributed by atoms with Crippen LogP contribution in [0.2, 0.25) is 0 Å². The number of aromatic nitrogens is 3. The molecule has 0 bridgehead atoms. The van der Waals surface area contributed by atoms with Crippen molar-refractivity contribution in [1.29, 1.82) is 0 Å². The minimum atomic E-state index is -2.85. The first kappa shape index (κ1) is 24.9. The molecule has 2 aromatic rings. The summed E-state index contributed by atoms with van der Waals surface area (Å²) in [5.41, 5.74) is 1.95. The van der Waals surface area contributed by atoms with Gasteiger partial charge in [-0.25, -0.2) is 23.7 Å². The van der Waals surface area contributed by atoms with Crippen LogP contribution in [0, 0.1) is 5.92 Å².